The SMILES string of the molecule is C=C(CO)N=NN(C)CCCC. The van der Waals surface area contributed by atoms with Crippen LogP contribution in [0.25, 0.3) is 0 Å². The van der Waals surface area contributed by atoms with Crippen molar-refractivity contribution in [3.8, 4) is 0 Å². The molecule has 0 atom stereocenters. The molecule has 4 heteroatoms. The highest BCUT2D eigenvalue weighted by Crippen LogP contribution is 1.96. The topological polar surface area (TPSA) is 48.2 Å². The summed E-state index contributed by atoms with van der Waals surface area (Å²) < 4.78 is 0. The minimum atomic E-state index is -0.134. The minimum absolute atomic E-state index is 0.134. The Labute approximate surface area is 73.6 Å². The van der Waals surface area contributed by atoms with Gasteiger partial charge in [-0.3, -0.25) is 5.01 Å². The van der Waals surface area contributed by atoms with Gasteiger partial charge in [-0.25, -0.2) is 0 Å². The van der Waals surface area contributed by atoms with E-state index in [0.29, 0.717) is 5.70 Å². The maximum absolute atomic E-state index is 8.55. The largest absolute Gasteiger partial charge is 0.390 e. The normalized spacial score (nSPS) is 10.6. The maximum atomic E-state index is 8.55. The van der Waals surface area contributed by atoms with Gasteiger partial charge in [0.2, 0.25) is 0 Å². The van der Waals surface area contributed by atoms with Crippen LogP contribution in [0.1, 0.15) is 19.8 Å². The summed E-state index contributed by atoms with van der Waals surface area (Å²) in [5, 5.41) is 17.8. The molecule has 0 heterocycles. The van der Waals surface area contributed by atoms with E-state index in [1.165, 1.54) is 0 Å². The van der Waals surface area contributed by atoms with Crippen LogP contribution in [0.15, 0.2) is 22.6 Å². The second kappa shape index (κ2) is 6.79. The lowest BCUT2D eigenvalue weighted by atomic mass is 10.3. The first-order valence-electron chi connectivity index (χ1n) is 4.12. The van der Waals surface area contributed by atoms with Crippen LogP contribution in [-0.4, -0.2) is 30.3 Å². The lowest BCUT2D eigenvalue weighted by Crippen LogP contribution is -2.11. The van der Waals surface area contributed by atoms with Crippen LogP contribution in [0.2, 0.25) is 0 Å². The fraction of sp³-hybridized carbons (Fsp3) is 0.750. The number of hydrogen-bond acceptors (Lipinski definition) is 3. The summed E-state index contributed by atoms with van der Waals surface area (Å²) in [5.41, 5.74) is 0.387. The molecule has 0 rings (SSSR count). The molecule has 12 heavy (non-hydrogen) atoms. The summed E-state index contributed by atoms with van der Waals surface area (Å²) in [6.07, 6.45) is 2.24. The fourth-order valence-electron chi connectivity index (χ4n) is 0.603. The average molecular weight is 171 g/mol. The third-order valence-electron chi connectivity index (χ3n) is 1.36. The maximum Gasteiger partial charge on any atom is 0.0866 e. The predicted octanol–water partition coefficient (Wildman–Crippen LogP) is 1.59. The van der Waals surface area contributed by atoms with E-state index < -0.39 is 0 Å². The van der Waals surface area contributed by atoms with E-state index in [2.05, 4.69) is 23.8 Å². The Morgan fingerprint density at radius 3 is 2.75 bits per heavy atom. The fourth-order valence-corrected chi connectivity index (χ4v) is 0.603. The second-order valence-electron chi connectivity index (χ2n) is 2.65. The molecule has 0 spiro atoms. The number of hydrogen-bond donors (Lipinski definition) is 1. The van der Waals surface area contributed by atoms with Crippen molar-refractivity contribution < 1.29 is 5.11 Å². The van der Waals surface area contributed by atoms with Crippen molar-refractivity contribution in [2.24, 2.45) is 10.3 Å². The van der Waals surface area contributed by atoms with Gasteiger partial charge < -0.3 is 5.11 Å². The van der Waals surface area contributed by atoms with Crippen LogP contribution in [0.4, 0.5) is 0 Å². The molecule has 0 aromatic rings. The third-order valence-corrected chi connectivity index (χ3v) is 1.36. The predicted molar refractivity (Wildman–Crippen MR) is 48.6 cm³/mol. The zero-order chi connectivity index (χ0) is 9.40. The molecule has 0 saturated heterocycles. The first-order chi connectivity index (χ1) is 5.70. The Morgan fingerprint density at radius 2 is 2.25 bits per heavy atom. The summed E-state index contributed by atoms with van der Waals surface area (Å²) in [6, 6.07) is 0. The molecule has 0 fully saturated rings. The lowest BCUT2D eigenvalue weighted by molar-refractivity contribution is 0.305. The highest BCUT2D eigenvalue weighted by atomic mass is 16.3. The van der Waals surface area contributed by atoms with Crippen LogP contribution in [0.3, 0.4) is 0 Å². The Hall–Kier alpha value is -0.900. The summed E-state index contributed by atoms with van der Waals surface area (Å²) in [4.78, 5) is 0. The Kier molecular flexibility index (Phi) is 6.28. The molecule has 0 saturated carbocycles. The van der Waals surface area contributed by atoms with Gasteiger partial charge in [0.1, 0.15) is 0 Å². The standard InChI is InChI=1S/C8H17N3O/c1-4-5-6-11(3)10-9-8(2)7-12/h12H,2,4-7H2,1,3H3. The van der Waals surface area contributed by atoms with Crippen molar-refractivity contribution in [1.82, 2.24) is 5.01 Å². The third kappa shape index (κ3) is 5.85. The summed E-state index contributed by atoms with van der Waals surface area (Å²) in [6.45, 7) is 6.36. The first kappa shape index (κ1) is 11.1. The Morgan fingerprint density at radius 1 is 1.58 bits per heavy atom. The van der Waals surface area contributed by atoms with Gasteiger partial charge in [-0.2, -0.15) is 0 Å². The van der Waals surface area contributed by atoms with Crippen molar-refractivity contribution in [2.75, 3.05) is 20.2 Å². The van der Waals surface area contributed by atoms with Crippen LogP contribution in [0.5, 0.6) is 0 Å². The molecule has 0 aliphatic heterocycles. The molecule has 0 aromatic carbocycles. The van der Waals surface area contributed by atoms with E-state index in [1.54, 1.807) is 5.01 Å². The van der Waals surface area contributed by atoms with Gasteiger partial charge in [-0.1, -0.05) is 25.1 Å². The van der Waals surface area contributed by atoms with Gasteiger partial charge in [-0.05, 0) is 6.42 Å². The molecule has 0 unspecified atom stereocenters. The second-order valence-corrected chi connectivity index (χ2v) is 2.65. The van der Waals surface area contributed by atoms with Crippen molar-refractivity contribution >= 4 is 0 Å². The molecule has 0 amide bonds. The van der Waals surface area contributed by atoms with E-state index >= 15 is 0 Å². The average Bonchev–Trinajstić information content (AvgIpc) is 2.10. The number of rotatable bonds is 6. The van der Waals surface area contributed by atoms with E-state index in [1.807, 2.05) is 7.05 Å². The highest BCUT2D eigenvalue weighted by Gasteiger charge is 1.91. The van der Waals surface area contributed by atoms with Crippen LogP contribution >= 0.6 is 0 Å². The number of unbranched alkanes of at least 4 members (excludes halogenated alkanes) is 1. The van der Waals surface area contributed by atoms with E-state index in [9.17, 15) is 0 Å². The smallest absolute Gasteiger partial charge is 0.0866 e. The molecule has 4 nitrogen and oxygen atoms in total. The van der Waals surface area contributed by atoms with Crippen molar-refractivity contribution in [3.63, 3.8) is 0 Å². The molecule has 0 aliphatic rings. The Bertz CT molecular complexity index is 156. The van der Waals surface area contributed by atoms with Gasteiger partial charge in [0.15, 0.2) is 0 Å². The van der Waals surface area contributed by atoms with E-state index in [0.717, 1.165) is 19.4 Å². The van der Waals surface area contributed by atoms with E-state index in [4.69, 9.17) is 5.11 Å². The zero-order valence-corrected chi connectivity index (χ0v) is 7.82. The number of aliphatic hydroxyl groups is 1. The highest BCUT2D eigenvalue weighted by molar-refractivity contribution is 4.87. The zero-order valence-electron chi connectivity index (χ0n) is 7.82. The van der Waals surface area contributed by atoms with Crippen molar-refractivity contribution in [2.45, 2.75) is 19.8 Å². The van der Waals surface area contributed by atoms with Gasteiger partial charge in [0.05, 0.1) is 12.3 Å². The molecule has 0 aliphatic carbocycles. The van der Waals surface area contributed by atoms with Crippen molar-refractivity contribution in [3.05, 3.63) is 12.3 Å². The number of nitrogens with zero attached hydrogens (tertiary/aromatic N) is 3. The lowest BCUT2D eigenvalue weighted by Gasteiger charge is -2.09. The summed E-state index contributed by atoms with van der Waals surface area (Å²) in [7, 11) is 1.85. The van der Waals surface area contributed by atoms with Gasteiger partial charge >= 0.3 is 0 Å². The first-order valence-corrected chi connectivity index (χ1v) is 4.12. The van der Waals surface area contributed by atoms with Crippen LogP contribution < -0.4 is 0 Å². The summed E-state index contributed by atoms with van der Waals surface area (Å²) in [5.74, 6) is 0. The molecule has 0 aromatic heterocycles. The molecule has 1 N–H and O–H groups in total. The van der Waals surface area contributed by atoms with Crippen molar-refractivity contribution in [1.29, 1.82) is 0 Å². The molecule has 0 radical (unpaired) electrons. The van der Waals surface area contributed by atoms with Gasteiger partial charge in [-0.15, -0.1) is 5.11 Å². The molecule has 0 bridgehead atoms. The number of aliphatic hydroxyl groups excluding tert-OH is 1. The summed E-state index contributed by atoms with van der Waals surface area (Å²) >= 11 is 0. The van der Waals surface area contributed by atoms with Crippen LogP contribution in [-0.2, 0) is 0 Å². The van der Waals surface area contributed by atoms with Gasteiger partial charge in [0.25, 0.3) is 0 Å². The molecular weight excluding hydrogens is 154 g/mol. The molecular formula is C8H17N3O. The monoisotopic (exact) mass is 171 g/mol. The minimum Gasteiger partial charge on any atom is -0.390 e. The Balaban J connectivity index is 3.59. The molecule has 70 valence electrons. The van der Waals surface area contributed by atoms with Gasteiger partial charge in [0, 0.05) is 13.6 Å². The van der Waals surface area contributed by atoms with Crippen LogP contribution in [0, 0.1) is 0 Å². The van der Waals surface area contributed by atoms with E-state index in [-0.39, 0.29) is 6.61 Å². The quantitative estimate of drug-likeness (QED) is 0.487.